The lowest BCUT2D eigenvalue weighted by Gasteiger charge is -2.59. The molecule has 2 bridgehead atoms. The molecule has 4 N–H and O–H groups in total. The molecule has 10 heteroatoms. The molecule has 0 radical (unpaired) electrons. The van der Waals surface area contributed by atoms with Crippen LogP contribution in [0.25, 0.3) is 0 Å². The second-order valence-corrected chi connectivity index (χ2v) is 14.4. The zero-order valence-electron chi connectivity index (χ0n) is 28.3. The van der Waals surface area contributed by atoms with Crippen LogP contribution in [-0.4, -0.2) is 69.5 Å². The van der Waals surface area contributed by atoms with E-state index in [4.69, 9.17) is 9.47 Å². The predicted octanol–water partition coefficient (Wildman–Crippen LogP) is 4.23. The van der Waals surface area contributed by atoms with Crippen LogP contribution in [0.1, 0.15) is 88.7 Å². The number of hydrogen-bond acceptors (Lipinski definition) is 9. The number of benzene rings is 2. The maximum Gasteiger partial charge on any atom is 0.308 e. The van der Waals surface area contributed by atoms with E-state index in [0.717, 1.165) is 0 Å². The first-order valence-corrected chi connectivity index (χ1v) is 16.7. The van der Waals surface area contributed by atoms with Gasteiger partial charge in [0.25, 0.3) is 5.91 Å². The topological polar surface area (TPSA) is 159 Å². The molecule has 2 fully saturated rings. The number of esters is 2. The number of carbonyl (C=O) groups is 4. The summed E-state index contributed by atoms with van der Waals surface area (Å²) in [4.78, 5) is 53.9. The van der Waals surface area contributed by atoms with Gasteiger partial charge in [-0.1, -0.05) is 62.4 Å². The molecule has 0 heterocycles. The van der Waals surface area contributed by atoms with E-state index in [9.17, 15) is 34.5 Å². The molecule has 0 spiro atoms. The van der Waals surface area contributed by atoms with E-state index in [1.165, 1.54) is 6.92 Å². The monoisotopic (exact) mass is 661 g/mol. The Labute approximate surface area is 281 Å². The largest absolute Gasteiger partial charge is 0.458 e. The fourth-order valence-corrected chi connectivity index (χ4v) is 8.39. The van der Waals surface area contributed by atoms with E-state index in [-0.39, 0.29) is 38.2 Å². The summed E-state index contributed by atoms with van der Waals surface area (Å²) in [6, 6.07) is 17.0. The fraction of sp³-hybridized carbons (Fsp3) is 0.526. The van der Waals surface area contributed by atoms with Crippen molar-refractivity contribution in [3.05, 3.63) is 82.9 Å². The number of nitrogens with one attached hydrogen (secondary N) is 1. The SMILES string of the molecule is CC(=O)O[C@H]1C(=O)[C@@]2(C)C(C[C@]3(O)C[C@H](OC(=O)CC(NC(=O)c4ccccc4)c4ccccc4)C(C)=C1C3(C)C)C(CO)CC[C@@H]2O. The van der Waals surface area contributed by atoms with Crippen molar-refractivity contribution in [1.29, 1.82) is 0 Å². The van der Waals surface area contributed by atoms with Crippen molar-refractivity contribution < 1.29 is 44.0 Å². The molecule has 0 saturated heterocycles. The molecule has 1 amide bonds. The molecule has 3 unspecified atom stereocenters. The number of fused-ring (bicyclic) bond motifs is 3. The Balaban J connectivity index is 1.52. The van der Waals surface area contributed by atoms with Gasteiger partial charge < -0.3 is 30.1 Å². The summed E-state index contributed by atoms with van der Waals surface area (Å²) in [5.41, 5.74) is -2.15. The van der Waals surface area contributed by atoms with E-state index in [1.807, 2.05) is 30.3 Å². The molecule has 0 aliphatic heterocycles. The Morgan fingerprint density at radius 3 is 2.19 bits per heavy atom. The smallest absolute Gasteiger partial charge is 0.308 e. The van der Waals surface area contributed by atoms with Crippen molar-refractivity contribution in [3.63, 3.8) is 0 Å². The first kappa shape index (κ1) is 35.4. The zero-order chi connectivity index (χ0) is 35.0. The Hall–Kier alpha value is -3.86. The molecule has 2 aromatic carbocycles. The highest BCUT2D eigenvalue weighted by Gasteiger charge is 2.65. The van der Waals surface area contributed by atoms with Crippen LogP contribution in [0, 0.1) is 22.7 Å². The Bertz CT molecular complexity index is 1570. The van der Waals surface area contributed by atoms with Crippen molar-refractivity contribution in [2.75, 3.05) is 6.61 Å². The lowest BCUT2D eigenvalue weighted by molar-refractivity contribution is -0.191. The van der Waals surface area contributed by atoms with Crippen molar-refractivity contribution >= 4 is 23.6 Å². The molecule has 8 atom stereocenters. The maximum absolute atomic E-state index is 14.6. The van der Waals surface area contributed by atoms with E-state index in [2.05, 4.69) is 5.32 Å². The van der Waals surface area contributed by atoms with Gasteiger partial charge in [0.2, 0.25) is 0 Å². The number of ether oxygens (including phenoxy) is 2. The van der Waals surface area contributed by atoms with Crippen LogP contribution in [0.4, 0.5) is 0 Å². The number of aliphatic hydroxyl groups is 3. The summed E-state index contributed by atoms with van der Waals surface area (Å²) >= 11 is 0. The van der Waals surface area contributed by atoms with Gasteiger partial charge in [-0.2, -0.15) is 0 Å². The van der Waals surface area contributed by atoms with E-state index < -0.39 is 70.3 Å². The van der Waals surface area contributed by atoms with E-state index in [1.54, 1.807) is 58.0 Å². The summed E-state index contributed by atoms with van der Waals surface area (Å²) in [7, 11) is 0. The second kappa shape index (κ2) is 13.6. The third-order valence-electron chi connectivity index (χ3n) is 11.4. The highest BCUT2D eigenvalue weighted by atomic mass is 16.6. The standard InChI is InChI=1S/C38H47NO9/c1-22-29(48-31(43)18-28(24-12-8-6-9-13-24)39-35(45)25-14-10-7-11-15-25)20-38(46)19-27-26(21-40)16-17-30(42)37(27,5)34(44)33(47-23(2)41)32(22)36(38,3)4/h6-15,26-30,33,40,42,46H,16-21H2,1-5H3,(H,39,45)/t26?,27?,28?,29-,30-,33+,37-,38-/m0/s1. The molecule has 10 nitrogen and oxygen atoms in total. The third-order valence-corrected chi connectivity index (χ3v) is 11.4. The lowest BCUT2D eigenvalue weighted by atomic mass is 9.48. The number of carbonyl (C=O) groups excluding carboxylic acids is 4. The lowest BCUT2D eigenvalue weighted by Crippen LogP contribution is -2.65. The van der Waals surface area contributed by atoms with Gasteiger partial charge in [0.05, 0.1) is 29.6 Å². The van der Waals surface area contributed by atoms with Crippen LogP contribution in [0.5, 0.6) is 0 Å². The normalized spacial score (nSPS) is 31.8. The van der Waals surface area contributed by atoms with Crippen LogP contribution < -0.4 is 5.32 Å². The second-order valence-electron chi connectivity index (χ2n) is 14.4. The molecule has 258 valence electrons. The molecule has 5 rings (SSSR count). The molecule has 3 aliphatic carbocycles. The van der Waals surface area contributed by atoms with Gasteiger partial charge >= 0.3 is 11.9 Å². The van der Waals surface area contributed by atoms with Gasteiger partial charge in [0.15, 0.2) is 11.9 Å². The first-order chi connectivity index (χ1) is 22.6. The van der Waals surface area contributed by atoms with Crippen molar-refractivity contribution in [3.8, 4) is 0 Å². The molecule has 48 heavy (non-hydrogen) atoms. The quantitative estimate of drug-likeness (QED) is 0.240. The highest BCUT2D eigenvalue weighted by Crippen LogP contribution is 2.60. The van der Waals surface area contributed by atoms with Gasteiger partial charge in [-0.05, 0) is 73.8 Å². The molecule has 3 aliphatic rings. The minimum Gasteiger partial charge on any atom is -0.458 e. The average Bonchev–Trinajstić information content (AvgIpc) is 3.05. The summed E-state index contributed by atoms with van der Waals surface area (Å²) in [5.74, 6) is -3.25. The predicted molar refractivity (Wildman–Crippen MR) is 176 cm³/mol. The zero-order valence-corrected chi connectivity index (χ0v) is 28.3. The summed E-state index contributed by atoms with van der Waals surface area (Å²) in [6.07, 6.45) is -2.96. The number of Topliss-reactive ketones (excluding diaryl/α,β-unsaturated/α-hetero) is 1. The molecule has 2 saturated carbocycles. The highest BCUT2D eigenvalue weighted by molar-refractivity contribution is 5.95. The number of aliphatic hydroxyl groups excluding tert-OH is 2. The maximum atomic E-state index is 14.6. The molecule has 0 aromatic heterocycles. The van der Waals surface area contributed by atoms with Gasteiger partial charge in [-0.25, -0.2) is 0 Å². The van der Waals surface area contributed by atoms with Gasteiger partial charge in [-0.15, -0.1) is 0 Å². The number of hydrogen-bond donors (Lipinski definition) is 4. The van der Waals surface area contributed by atoms with Crippen molar-refractivity contribution in [2.45, 2.75) is 96.7 Å². The molecule has 2 aromatic rings. The van der Waals surface area contributed by atoms with E-state index >= 15 is 0 Å². The number of rotatable bonds is 8. The minimum absolute atomic E-state index is 0.0186. The Kier molecular flexibility index (Phi) is 10.0. The molecular formula is C38H47NO9. The van der Waals surface area contributed by atoms with Gasteiger partial charge in [-0.3, -0.25) is 19.2 Å². The minimum atomic E-state index is -1.58. The Morgan fingerprint density at radius 1 is 0.958 bits per heavy atom. The van der Waals surface area contributed by atoms with Crippen LogP contribution in [0.15, 0.2) is 71.8 Å². The van der Waals surface area contributed by atoms with Crippen molar-refractivity contribution in [1.82, 2.24) is 5.32 Å². The van der Waals surface area contributed by atoms with E-state index in [0.29, 0.717) is 28.7 Å². The van der Waals surface area contributed by atoms with Gasteiger partial charge in [0, 0.05) is 30.9 Å². The van der Waals surface area contributed by atoms with Gasteiger partial charge in [0.1, 0.15) is 6.10 Å². The molecular weight excluding hydrogens is 614 g/mol. The first-order valence-electron chi connectivity index (χ1n) is 16.7. The Morgan fingerprint density at radius 2 is 1.58 bits per heavy atom. The van der Waals surface area contributed by atoms with Crippen LogP contribution >= 0.6 is 0 Å². The number of ketones is 1. The summed E-state index contributed by atoms with van der Waals surface area (Å²) < 4.78 is 11.8. The average molecular weight is 662 g/mol. The summed E-state index contributed by atoms with van der Waals surface area (Å²) in [6.45, 7) is 7.87. The van der Waals surface area contributed by atoms with Crippen molar-refractivity contribution in [2.24, 2.45) is 22.7 Å². The fourth-order valence-electron chi connectivity index (χ4n) is 8.39. The summed E-state index contributed by atoms with van der Waals surface area (Å²) in [5, 5.41) is 37.3. The third kappa shape index (κ3) is 6.33. The van der Waals surface area contributed by atoms with Crippen LogP contribution in [0.3, 0.4) is 0 Å². The number of amides is 1. The van der Waals surface area contributed by atoms with Crippen LogP contribution in [0.2, 0.25) is 0 Å². The van der Waals surface area contributed by atoms with Crippen LogP contribution in [-0.2, 0) is 23.9 Å².